The zero-order chi connectivity index (χ0) is 21.9. The van der Waals surface area contributed by atoms with Crippen molar-refractivity contribution in [2.24, 2.45) is 5.73 Å². The summed E-state index contributed by atoms with van der Waals surface area (Å²) < 4.78 is 40.8. The van der Waals surface area contributed by atoms with Crippen LogP contribution in [0.15, 0.2) is 43.0 Å². The van der Waals surface area contributed by atoms with Gasteiger partial charge in [0.05, 0.1) is 11.6 Å². The summed E-state index contributed by atoms with van der Waals surface area (Å²) in [6, 6.07) is 3.64. The van der Waals surface area contributed by atoms with Crippen molar-refractivity contribution >= 4 is 17.5 Å². The Kier molecular flexibility index (Phi) is 6.32. The van der Waals surface area contributed by atoms with Crippen LogP contribution in [0, 0.1) is 0 Å². The third-order valence-corrected chi connectivity index (χ3v) is 4.48. The van der Waals surface area contributed by atoms with E-state index in [0.29, 0.717) is 5.82 Å². The zero-order valence-corrected chi connectivity index (χ0v) is 16.5. The van der Waals surface area contributed by atoms with Gasteiger partial charge in [-0.2, -0.15) is 23.0 Å². The zero-order valence-electron chi connectivity index (χ0n) is 15.7. The number of amides is 1. The molecule has 0 saturated carbocycles. The Morgan fingerprint density at radius 3 is 2.57 bits per heavy atom. The first kappa shape index (κ1) is 21.7. The minimum Gasteiger partial charge on any atom is -0.329 e. The van der Waals surface area contributed by atoms with Crippen LogP contribution in [0.2, 0.25) is 5.02 Å². The molecule has 2 heterocycles. The van der Waals surface area contributed by atoms with Crippen molar-refractivity contribution in [3.05, 3.63) is 65.0 Å². The molecule has 0 aliphatic carbocycles. The maximum atomic E-state index is 13.1. The van der Waals surface area contributed by atoms with Gasteiger partial charge in [0, 0.05) is 36.1 Å². The summed E-state index contributed by atoms with van der Waals surface area (Å²) in [7, 11) is 0. The van der Waals surface area contributed by atoms with Crippen molar-refractivity contribution in [1.82, 2.24) is 29.6 Å². The molecule has 2 aromatic heterocycles. The standard InChI is InChI=1S/C18H17ClF3N7O/c1-11(15-26-10-27-29(15)17-24-4-2-5-25-17)28(6-3-23)16(30)12-7-13(18(20,21)22)9-14(19)8-12/h2,4-5,7-11H,3,6,23H2,1H3. The van der Waals surface area contributed by atoms with Gasteiger partial charge in [-0.3, -0.25) is 4.79 Å². The third kappa shape index (κ3) is 4.57. The molecule has 30 heavy (non-hydrogen) atoms. The van der Waals surface area contributed by atoms with Gasteiger partial charge in [0.15, 0.2) is 5.82 Å². The summed E-state index contributed by atoms with van der Waals surface area (Å²) in [5, 5.41) is 3.88. The Hall–Kier alpha value is -3.05. The number of hydrogen-bond acceptors (Lipinski definition) is 6. The van der Waals surface area contributed by atoms with Crippen LogP contribution in [0.3, 0.4) is 0 Å². The van der Waals surface area contributed by atoms with Gasteiger partial charge >= 0.3 is 6.18 Å². The number of benzene rings is 1. The molecule has 1 amide bonds. The number of hydrogen-bond donors (Lipinski definition) is 1. The van der Waals surface area contributed by atoms with Gasteiger partial charge in [-0.1, -0.05) is 11.6 Å². The van der Waals surface area contributed by atoms with E-state index in [1.807, 2.05) is 0 Å². The number of nitrogens with zero attached hydrogens (tertiary/aromatic N) is 6. The van der Waals surface area contributed by atoms with Gasteiger partial charge in [-0.05, 0) is 31.2 Å². The number of carbonyl (C=O) groups excluding carboxylic acids is 1. The van der Waals surface area contributed by atoms with Gasteiger partial charge < -0.3 is 10.6 Å². The van der Waals surface area contributed by atoms with E-state index >= 15 is 0 Å². The van der Waals surface area contributed by atoms with E-state index in [9.17, 15) is 18.0 Å². The summed E-state index contributed by atoms with van der Waals surface area (Å²) in [4.78, 5) is 26.8. The maximum absolute atomic E-state index is 13.1. The van der Waals surface area contributed by atoms with Crippen molar-refractivity contribution in [2.75, 3.05) is 13.1 Å². The molecule has 0 fully saturated rings. The fourth-order valence-electron chi connectivity index (χ4n) is 2.88. The van der Waals surface area contributed by atoms with Gasteiger partial charge in [0.1, 0.15) is 6.33 Å². The molecule has 0 saturated heterocycles. The van der Waals surface area contributed by atoms with Gasteiger partial charge in [-0.25, -0.2) is 15.0 Å². The minimum absolute atomic E-state index is 0.0658. The largest absolute Gasteiger partial charge is 0.416 e. The fourth-order valence-corrected chi connectivity index (χ4v) is 3.12. The van der Waals surface area contributed by atoms with E-state index in [0.717, 1.165) is 12.1 Å². The van der Waals surface area contributed by atoms with E-state index < -0.39 is 23.7 Å². The summed E-state index contributed by atoms with van der Waals surface area (Å²) in [5.41, 5.74) is 4.42. The monoisotopic (exact) mass is 439 g/mol. The molecule has 158 valence electrons. The lowest BCUT2D eigenvalue weighted by Gasteiger charge is -2.28. The molecule has 3 aromatic rings. The lowest BCUT2D eigenvalue weighted by molar-refractivity contribution is -0.137. The Morgan fingerprint density at radius 2 is 1.93 bits per heavy atom. The molecule has 1 aromatic carbocycles. The molecule has 0 radical (unpaired) electrons. The van der Waals surface area contributed by atoms with Crippen molar-refractivity contribution < 1.29 is 18.0 Å². The Bertz CT molecular complexity index is 1030. The average Bonchev–Trinajstić information content (AvgIpc) is 3.20. The molecule has 0 bridgehead atoms. The fraction of sp³-hybridized carbons (Fsp3) is 0.278. The highest BCUT2D eigenvalue weighted by molar-refractivity contribution is 6.31. The van der Waals surface area contributed by atoms with Gasteiger partial charge in [-0.15, -0.1) is 0 Å². The van der Waals surface area contributed by atoms with Crippen LogP contribution in [0.1, 0.15) is 34.7 Å². The molecular weight excluding hydrogens is 423 g/mol. The van der Waals surface area contributed by atoms with Crippen LogP contribution >= 0.6 is 11.6 Å². The Balaban J connectivity index is 1.98. The van der Waals surface area contributed by atoms with Crippen molar-refractivity contribution in [3.8, 4) is 5.95 Å². The van der Waals surface area contributed by atoms with E-state index in [1.54, 1.807) is 13.0 Å². The summed E-state index contributed by atoms with van der Waals surface area (Å²) in [6.07, 6.45) is -0.332. The smallest absolute Gasteiger partial charge is 0.329 e. The average molecular weight is 440 g/mol. The van der Waals surface area contributed by atoms with Crippen molar-refractivity contribution in [3.63, 3.8) is 0 Å². The van der Waals surface area contributed by atoms with Gasteiger partial charge in [0.25, 0.3) is 11.9 Å². The second kappa shape index (κ2) is 8.76. The summed E-state index contributed by atoms with van der Waals surface area (Å²) in [6.45, 7) is 1.81. The number of nitrogens with two attached hydrogens (primary N) is 1. The molecule has 12 heteroatoms. The second-order valence-electron chi connectivity index (χ2n) is 6.27. The molecule has 0 aliphatic heterocycles. The molecule has 0 spiro atoms. The normalized spacial score (nSPS) is 12.6. The molecule has 8 nitrogen and oxygen atoms in total. The lowest BCUT2D eigenvalue weighted by Crippen LogP contribution is -2.38. The Morgan fingerprint density at radius 1 is 1.23 bits per heavy atom. The summed E-state index contributed by atoms with van der Waals surface area (Å²) >= 11 is 5.83. The number of carbonyl (C=O) groups is 1. The molecular formula is C18H17ClF3N7O. The number of rotatable bonds is 6. The van der Waals surface area contributed by atoms with E-state index in [2.05, 4.69) is 20.1 Å². The Labute approximate surface area is 174 Å². The highest BCUT2D eigenvalue weighted by atomic mass is 35.5. The molecule has 1 unspecified atom stereocenters. The highest BCUT2D eigenvalue weighted by Crippen LogP contribution is 2.33. The van der Waals surface area contributed by atoms with Crippen molar-refractivity contribution in [1.29, 1.82) is 0 Å². The topological polar surface area (TPSA) is 103 Å². The van der Waals surface area contributed by atoms with Crippen LogP contribution in [-0.2, 0) is 6.18 Å². The minimum atomic E-state index is -4.64. The SMILES string of the molecule is CC(c1ncnn1-c1ncccn1)N(CCN)C(=O)c1cc(Cl)cc(C(F)(F)F)c1. The van der Waals surface area contributed by atoms with Crippen LogP contribution in [0.5, 0.6) is 0 Å². The first-order chi connectivity index (χ1) is 14.2. The molecule has 2 N–H and O–H groups in total. The van der Waals surface area contributed by atoms with Gasteiger partial charge in [0.2, 0.25) is 0 Å². The highest BCUT2D eigenvalue weighted by Gasteiger charge is 2.33. The molecule has 3 rings (SSSR count). The van der Waals surface area contributed by atoms with E-state index in [1.165, 1.54) is 34.4 Å². The first-order valence-corrected chi connectivity index (χ1v) is 9.16. The first-order valence-electron chi connectivity index (χ1n) is 8.78. The number of alkyl halides is 3. The van der Waals surface area contributed by atoms with Crippen LogP contribution in [-0.4, -0.2) is 48.6 Å². The quantitative estimate of drug-likeness (QED) is 0.633. The predicted molar refractivity (Wildman–Crippen MR) is 102 cm³/mol. The number of halogens is 4. The maximum Gasteiger partial charge on any atom is 0.416 e. The lowest BCUT2D eigenvalue weighted by atomic mass is 10.1. The van der Waals surface area contributed by atoms with Crippen LogP contribution in [0.4, 0.5) is 13.2 Å². The third-order valence-electron chi connectivity index (χ3n) is 4.26. The molecule has 0 aliphatic rings. The number of aromatic nitrogens is 5. The summed E-state index contributed by atoms with van der Waals surface area (Å²) in [5.74, 6) is -0.121. The van der Waals surface area contributed by atoms with Crippen LogP contribution < -0.4 is 5.73 Å². The van der Waals surface area contributed by atoms with Crippen molar-refractivity contribution in [2.45, 2.75) is 19.1 Å². The molecule has 1 atom stereocenters. The van der Waals surface area contributed by atoms with E-state index in [4.69, 9.17) is 17.3 Å². The second-order valence-corrected chi connectivity index (χ2v) is 6.70. The predicted octanol–water partition coefficient (Wildman–Crippen LogP) is 2.89. The van der Waals surface area contributed by atoms with Crippen LogP contribution in [0.25, 0.3) is 5.95 Å². The van der Waals surface area contributed by atoms with E-state index in [-0.39, 0.29) is 29.6 Å².